The minimum Gasteiger partial charge on any atom is -0.459 e. The number of aryl methyl sites for hydroxylation is 1. The smallest absolute Gasteiger partial charge is 0.162 e. The molecule has 0 N–H and O–H groups in total. The van der Waals surface area contributed by atoms with Crippen LogP contribution in [0.5, 0.6) is 0 Å². The van der Waals surface area contributed by atoms with E-state index < -0.39 is 0 Å². The van der Waals surface area contributed by atoms with Crippen LogP contribution in [0.4, 0.5) is 0 Å². The SMILES string of the molecule is Cc1ccc(-c2nc(Cn3cc(C4CC4)nn3)cs2)o1. The molecule has 3 aromatic rings. The zero-order chi connectivity index (χ0) is 13.5. The van der Waals surface area contributed by atoms with Gasteiger partial charge in [0.05, 0.1) is 17.9 Å². The Balaban J connectivity index is 1.52. The number of hydrogen-bond acceptors (Lipinski definition) is 5. The molecule has 0 spiro atoms. The molecule has 0 amide bonds. The van der Waals surface area contributed by atoms with Crippen LogP contribution < -0.4 is 0 Å². The average molecular weight is 286 g/mol. The number of aromatic nitrogens is 4. The van der Waals surface area contributed by atoms with E-state index in [1.54, 1.807) is 11.3 Å². The van der Waals surface area contributed by atoms with Crippen molar-refractivity contribution in [2.24, 2.45) is 0 Å². The van der Waals surface area contributed by atoms with Gasteiger partial charge in [-0.15, -0.1) is 16.4 Å². The van der Waals surface area contributed by atoms with Gasteiger partial charge in [-0.2, -0.15) is 0 Å². The first-order chi connectivity index (χ1) is 9.78. The lowest BCUT2D eigenvalue weighted by molar-refractivity contribution is 0.547. The predicted molar refractivity (Wildman–Crippen MR) is 75.7 cm³/mol. The molecule has 0 aromatic carbocycles. The molecule has 4 rings (SSSR count). The van der Waals surface area contributed by atoms with Crippen molar-refractivity contribution < 1.29 is 4.42 Å². The van der Waals surface area contributed by atoms with Gasteiger partial charge in [-0.1, -0.05) is 5.21 Å². The fraction of sp³-hybridized carbons (Fsp3) is 0.357. The molecule has 102 valence electrons. The molecule has 0 saturated heterocycles. The van der Waals surface area contributed by atoms with Crippen molar-refractivity contribution in [3.05, 3.63) is 40.9 Å². The summed E-state index contributed by atoms with van der Waals surface area (Å²) in [4.78, 5) is 4.60. The number of thiazole rings is 1. The van der Waals surface area contributed by atoms with E-state index in [9.17, 15) is 0 Å². The van der Waals surface area contributed by atoms with Crippen LogP contribution in [0.25, 0.3) is 10.8 Å². The van der Waals surface area contributed by atoms with E-state index in [2.05, 4.69) is 15.3 Å². The second-order valence-electron chi connectivity index (χ2n) is 5.17. The van der Waals surface area contributed by atoms with Crippen molar-refractivity contribution in [3.8, 4) is 10.8 Å². The Morgan fingerprint density at radius 2 is 2.30 bits per heavy atom. The summed E-state index contributed by atoms with van der Waals surface area (Å²) in [5.41, 5.74) is 2.11. The molecule has 0 radical (unpaired) electrons. The van der Waals surface area contributed by atoms with E-state index in [1.165, 1.54) is 12.8 Å². The molecule has 1 aliphatic carbocycles. The number of furan rings is 1. The summed E-state index contributed by atoms with van der Waals surface area (Å²) in [7, 11) is 0. The largest absolute Gasteiger partial charge is 0.459 e. The van der Waals surface area contributed by atoms with Crippen molar-refractivity contribution in [2.45, 2.75) is 32.2 Å². The van der Waals surface area contributed by atoms with Gasteiger partial charge >= 0.3 is 0 Å². The lowest BCUT2D eigenvalue weighted by atomic mass is 10.3. The van der Waals surface area contributed by atoms with Gasteiger partial charge in [0.1, 0.15) is 5.76 Å². The third-order valence-electron chi connectivity index (χ3n) is 3.38. The van der Waals surface area contributed by atoms with E-state index in [0.717, 1.165) is 27.9 Å². The molecule has 0 aliphatic heterocycles. The Morgan fingerprint density at radius 1 is 1.40 bits per heavy atom. The quantitative estimate of drug-likeness (QED) is 0.739. The first kappa shape index (κ1) is 11.8. The lowest BCUT2D eigenvalue weighted by Gasteiger charge is -1.95. The van der Waals surface area contributed by atoms with Gasteiger partial charge in [0, 0.05) is 17.5 Å². The third kappa shape index (κ3) is 2.27. The topological polar surface area (TPSA) is 56.7 Å². The van der Waals surface area contributed by atoms with Crippen LogP contribution in [0.1, 0.15) is 35.9 Å². The molecule has 20 heavy (non-hydrogen) atoms. The maximum Gasteiger partial charge on any atom is 0.162 e. The van der Waals surface area contributed by atoms with Crippen LogP contribution in [0, 0.1) is 6.92 Å². The minimum atomic E-state index is 0.640. The van der Waals surface area contributed by atoms with Crippen LogP contribution in [0.2, 0.25) is 0 Å². The van der Waals surface area contributed by atoms with Crippen molar-refractivity contribution >= 4 is 11.3 Å². The highest BCUT2D eigenvalue weighted by molar-refractivity contribution is 7.13. The molecule has 1 fully saturated rings. The molecule has 0 atom stereocenters. The lowest BCUT2D eigenvalue weighted by Crippen LogP contribution is -2.00. The van der Waals surface area contributed by atoms with Gasteiger partial charge in [0.25, 0.3) is 0 Å². The molecule has 1 aliphatic rings. The number of nitrogens with zero attached hydrogens (tertiary/aromatic N) is 4. The van der Waals surface area contributed by atoms with Gasteiger partial charge in [0.2, 0.25) is 0 Å². The summed E-state index contributed by atoms with van der Waals surface area (Å²) in [5, 5.41) is 11.3. The second-order valence-corrected chi connectivity index (χ2v) is 6.03. The Kier molecular flexibility index (Phi) is 2.70. The Labute approximate surface area is 120 Å². The van der Waals surface area contributed by atoms with Gasteiger partial charge in [-0.05, 0) is 31.9 Å². The predicted octanol–water partition coefficient (Wildman–Crippen LogP) is 3.23. The maximum atomic E-state index is 5.59. The van der Waals surface area contributed by atoms with Crippen molar-refractivity contribution in [1.29, 1.82) is 0 Å². The average Bonchev–Trinajstić information content (AvgIpc) is 2.86. The van der Waals surface area contributed by atoms with Gasteiger partial charge < -0.3 is 4.42 Å². The van der Waals surface area contributed by atoms with E-state index in [4.69, 9.17) is 4.42 Å². The summed E-state index contributed by atoms with van der Waals surface area (Å²) in [5.74, 6) is 2.37. The number of rotatable bonds is 4. The highest BCUT2D eigenvalue weighted by atomic mass is 32.1. The van der Waals surface area contributed by atoms with Crippen LogP contribution >= 0.6 is 11.3 Å². The van der Waals surface area contributed by atoms with Gasteiger partial charge in [-0.25, -0.2) is 9.67 Å². The van der Waals surface area contributed by atoms with E-state index in [-0.39, 0.29) is 0 Å². The van der Waals surface area contributed by atoms with E-state index in [1.807, 2.05) is 35.3 Å². The van der Waals surface area contributed by atoms with Gasteiger partial charge in [0.15, 0.2) is 10.8 Å². The molecular formula is C14H14N4OS. The second kappa shape index (κ2) is 4.56. The Morgan fingerprint density at radius 3 is 3.05 bits per heavy atom. The summed E-state index contributed by atoms with van der Waals surface area (Å²) in [6, 6.07) is 3.91. The summed E-state index contributed by atoms with van der Waals surface area (Å²) >= 11 is 1.59. The first-order valence-corrected chi connectivity index (χ1v) is 7.57. The fourth-order valence-corrected chi connectivity index (χ4v) is 2.94. The Hall–Kier alpha value is -1.95. The standard InChI is InChI=1S/C14H14N4OS/c1-9-2-5-13(19-9)14-15-11(8-20-14)6-18-7-12(16-17-18)10-3-4-10/h2,5,7-8,10H,3-4,6H2,1H3. The molecule has 0 bridgehead atoms. The fourth-order valence-electron chi connectivity index (χ4n) is 2.17. The Bertz CT molecular complexity index is 738. The molecule has 1 saturated carbocycles. The van der Waals surface area contributed by atoms with Crippen LogP contribution in [0.3, 0.4) is 0 Å². The molecule has 6 heteroatoms. The highest BCUT2D eigenvalue weighted by Gasteiger charge is 2.26. The van der Waals surface area contributed by atoms with Gasteiger partial charge in [-0.3, -0.25) is 0 Å². The summed E-state index contributed by atoms with van der Waals surface area (Å²) < 4.78 is 7.45. The van der Waals surface area contributed by atoms with Crippen LogP contribution in [0.15, 0.2) is 28.1 Å². The van der Waals surface area contributed by atoms with E-state index in [0.29, 0.717) is 12.5 Å². The van der Waals surface area contributed by atoms with E-state index >= 15 is 0 Å². The monoisotopic (exact) mass is 286 g/mol. The molecule has 3 aromatic heterocycles. The molecule has 0 unspecified atom stereocenters. The van der Waals surface area contributed by atoms with Crippen molar-refractivity contribution in [1.82, 2.24) is 20.0 Å². The first-order valence-electron chi connectivity index (χ1n) is 6.69. The van der Waals surface area contributed by atoms with Crippen LogP contribution in [-0.4, -0.2) is 20.0 Å². The molecular weight excluding hydrogens is 272 g/mol. The maximum absolute atomic E-state index is 5.59. The zero-order valence-corrected chi connectivity index (χ0v) is 11.9. The summed E-state index contributed by atoms with van der Waals surface area (Å²) in [6.45, 7) is 2.60. The normalized spacial score (nSPS) is 14.8. The minimum absolute atomic E-state index is 0.640. The van der Waals surface area contributed by atoms with Crippen molar-refractivity contribution in [3.63, 3.8) is 0 Å². The molecule has 5 nitrogen and oxygen atoms in total. The zero-order valence-electron chi connectivity index (χ0n) is 11.1. The molecule has 3 heterocycles. The highest BCUT2D eigenvalue weighted by Crippen LogP contribution is 2.38. The summed E-state index contributed by atoms with van der Waals surface area (Å²) in [6.07, 6.45) is 4.53. The number of hydrogen-bond donors (Lipinski definition) is 0. The third-order valence-corrected chi connectivity index (χ3v) is 4.28. The van der Waals surface area contributed by atoms with Crippen LogP contribution in [-0.2, 0) is 6.54 Å². The van der Waals surface area contributed by atoms with Crippen molar-refractivity contribution in [2.75, 3.05) is 0 Å².